The summed E-state index contributed by atoms with van der Waals surface area (Å²) < 4.78 is 27.4. The molecule has 0 amide bonds. The van der Waals surface area contributed by atoms with Gasteiger partial charge in [0.2, 0.25) is 10.0 Å². The standard InChI is InChI=1S/C11H16BrN3O2S/c1-8-4-3-5-15(8)18(16,17)10-6-9(12)7-14-11(10)13-2/h6-8H,3-5H2,1-2H3,(H,13,14). The van der Waals surface area contributed by atoms with Gasteiger partial charge in [0.05, 0.1) is 0 Å². The molecule has 1 N–H and O–H groups in total. The molecule has 18 heavy (non-hydrogen) atoms. The predicted molar refractivity (Wildman–Crippen MR) is 74.1 cm³/mol. The number of aromatic nitrogens is 1. The molecule has 0 aromatic carbocycles. The topological polar surface area (TPSA) is 62.3 Å². The Morgan fingerprint density at radius 1 is 1.56 bits per heavy atom. The van der Waals surface area contributed by atoms with Crippen LogP contribution >= 0.6 is 15.9 Å². The van der Waals surface area contributed by atoms with Crippen LogP contribution in [0.2, 0.25) is 0 Å². The van der Waals surface area contributed by atoms with Crippen molar-refractivity contribution >= 4 is 31.8 Å². The van der Waals surface area contributed by atoms with E-state index in [1.165, 1.54) is 0 Å². The van der Waals surface area contributed by atoms with Crippen LogP contribution < -0.4 is 5.32 Å². The SMILES string of the molecule is CNc1ncc(Br)cc1S(=O)(=O)N1CCCC1C. The van der Waals surface area contributed by atoms with E-state index in [9.17, 15) is 8.42 Å². The van der Waals surface area contributed by atoms with Gasteiger partial charge in [0.15, 0.2) is 0 Å². The number of hydrogen-bond acceptors (Lipinski definition) is 4. The van der Waals surface area contributed by atoms with E-state index in [-0.39, 0.29) is 10.9 Å². The molecular weight excluding hydrogens is 318 g/mol. The normalized spacial score (nSPS) is 21.2. The third-order valence-corrected chi connectivity index (χ3v) is 5.60. The monoisotopic (exact) mass is 333 g/mol. The van der Waals surface area contributed by atoms with Gasteiger partial charge in [-0.15, -0.1) is 0 Å². The van der Waals surface area contributed by atoms with Crippen molar-refractivity contribution in [3.05, 3.63) is 16.7 Å². The maximum absolute atomic E-state index is 12.6. The van der Waals surface area contributed by atoms with E-state index in [0.29, 0.717) is 16.8 Å². The van der Waals surface area contributed by atoms with E-state index in [1.807, 2.05) is 6.92 Å². The summed E-state index contributed by atoms with van der Waals surface area (Å²) in [6.45, 7) is 2.52. The maximum atomic E-state index is 12.6. The summed E-state index contributed by atoms with van der Waals surface area (Å²) in [5.74, 6) is 0.386. The first-order valence-electron chi connectivity index (χ1n) is 5.82. The molecule has 1 fully saturated rings. The molecule has 0 aliphatic carbocycles. The number of anilines is 1. The number of nitrogens with one attached hydrogen (secondary N) is 1. The zero-order valence-electron chi connectivity index (χ0n) is 10.4. The average molecular weight is 334 g/mol. The number of sulfonamides is 1. The first kappa shape index (κ1) is 13.8. The third kappa shape index (κ3) is 2.39. The largest absolute Gasteiger partial charge is 0.372 e. The van der Waals surface area contributed by atoms with Gasteiger partial charge in [-0.3, -0.25) is 0 Å². The van der Waals surface area contributed by atoms with Crippen LogP contribution in [0, 0.1) is 0 Å². The highest BCUT2D eigenvalue weighted by atomic mass is 79.9. The molecule has 1 aliphatic rings. The van der Waals surface area contributed by atoms with Crippen LogP contribution in [0.4, 0.5) is 5.82 Å². The lowest BCUT2D eigenvalue weighted by Gasteiger charge is -2.22. The summed E-state index contributed by atoms with van der Waals surface area (Å²) in [6.07, 6.45) is 3.41. The van der Waals surface area contributed by atoms with Crippen molar-refractivity contribution in [3.63, 3.8) is 0 Å². The highest BCUT2D eigenvalue weighted by molar-refractivity contribution is 9.10. The lowest BCUT2D eigenvalue weighted by Crippen LogP contribution is -2.34. The molecule has 1 aliphatic heterocycles. The van der Waals surface area contributed by atoms with Crippen LogP contribution in [0.1, 0.15) is 19.8 Å². The number of hydrogen-bond donors (Lipinski definition) is 1. The number of pyridine rings is 1. The second-order valence-electron chi connectivity index (χ2n) is 4.36. The molecule has 0 radical (unpaired) electrons. The molecular formula is C11H16BrN3O2S. The van der Waals surface area contributed by atoms with E-state index in [2.05, 4.69) is 26.2 Å². The molecule has 7 heteroatoms. The second kappa shape index (κ2) is 5.14. The first-order valence-corrected chi connectivity index (χ1v) is 8.05. The van der Waals surface area contributed by atoms with Gasteiger partial charge in [-0.05, 0) is 41.8 Å². The Hall–Kier alpha value is -0.660. The summed E-state index contributed by atoms with van der Waals surface area (Å²) in [6, 6.07) is 1.65. The quantitative estimate of drug-likeness (QED) is 0.919. The summed E-state index contributed by atoms with van der Waals surface area (Å²) in [5, 5.41) is 2.83. The van der Waals surface area contributed by atoms with Crippen molar-refractivity contribution in [1.82, 2.24) is 9.29 Å². The fourth-order valence-corrected chi connectivity index (χ4v) is 4.55. The summed E-state index contributed by atoms with van der Waals surface area (Å²) >= 11 is 3.27. The minimum Gasteiger partial charge on any atom is -0.372 e. The molecule has 1 saturated heterocycles. The van der Waals surface area contributed by atoms with Crippen molar-refractivity contribution < 1.29 is 8.42 Å². The number of halogens is 1. The minimum absolute atomic E-state index is 0.0543. The van der Waals surface area contributed by atoms with E-state index in [1.54, 1.807) is 23.6 Å². The molecule has 1 unspecified atom stereocenters. The van der Waals surface area contributed by atoms with Gasteiger partial charge in [0.1, 0.15) is 10.7 Å². The van der Waals surface area contributed by atoms with Crippen LogP contribution in [-0.4, -0.2) is 37.3 Å². The molecule has 0 bridgehead atoms. The molecule has 0 saturated carbocycles. The van der Waals surface area contributed by atoms with Gasteiger partial charge >= 0.3 is 0 Å². The zero-order valence-corrected chi connectivity index (χ0v) is 12.8. The fraction of sp³-hybridized carbons (Fsp3) is 0.545. The van der Waals surface area contributed by atoms with Crippen molar-refractivity contribution in [2.24, 2.45) is 0 Å². The van der Waals surface area contributed by atoms with Gasteiger partial charge < -0.3 is 5.32 Å². The molecule has 1 aromatic rings. The minimum atomic E-state index is -3.47. The highest BCUT2D eigenvalue weighted by Gasteiger charge is 2.34. The Kier molecular flexibility index (Phi) is 3.93. The van der Waals surface area contributed by atoms with Crippen LogP contribution in [-0.2, 0) is 10.0 Å². The predicted octanol–water partition coefficient (Wildman–Crippen LogP) is 2.06. The maximum Gasteiger partial charge on any atom is 0.247 e. The summed E-state index contributed by atoms with van der Waals surface area (Å²) in [4.78, 5) is 4.33. The smallest absolute Gasteiger partial charge is 0.247 e. The third-order valence-electron chi connectivity index (χ3n) is 3.13. The Balaban J connectivity index is 2.49. The molecule has 5 nitrogen and oxygen atoms in total. The number of nitrogens with zero attached hydrogens (tertiary/aromatic N) is 2. The highest BCUT2D eigenvalue weighted by Crippen LogP contribution is 2.30. The van der Waals surface area contributed by atoms with E-state index >= 15 is 0 Å². The second-order valence-corrected chi connectivity index (χ2v) is 7.13. The van der Waals surface area contributed by atoms with Gasteiger partial charge in [-0.25, -0.2) is 13.4 Å². The van der Waals surface area contributed by atoms with Gasteiger partial charge in [-0.1, -0.05) is 0 Å². The zero-order chi connectivity index (χ0) is 13.3. The van der Waals surface area contributed by atoms with Crippen LogP contribution in [0.5, 0.6) is 0 Å². The Bertz CT molecular complexity index is 547. The van der Waals surface area contributed by atoms with Gasteiger partial charge in [0, 0.05) is 30.3 Å². The van der Waals surface area contributed by atoms with E-state index in [0.717, 1.165) is 12.8 Å². The Morgan fingerprint density at radius 3 is 2.83 bits per heavy atom. The molecule has 2 rings (SSSR count). The molecule has 2 heterocycles. The van der Waals surface area contributed by atoms with Crippen molar-refractivity contribution in [3.8, 4) is 0 Å². The molecule has 1 aromatic heterocycles. The van der Waals surface area contributed by atoms with Gasteiger partial charge in [-0.2, -0.15) is 4.31 Å². The fourth-order valence-electron chi connectivity index (χ4n) is 2.20. The van der Waals surface area contributed by atoms with E-state index in [4.69, 9.17) is 0 Å². The van der Waals surface area contributed by atoms with E-state index < -0.39 is 10.0 Å². The van der Waals surface area contributed by atoms with Crippen molar-refractivity contribution in [2.45, 2.75) is 30.7 Å². The van der Waals surface area contributed by atoms with Crippen molar-refractivity contribution in [2.75, 3.05) is 18.9 Å². The average Bonchev–Trinajstić information content (AvgIpc) is 2.76. The molecule has 100 valence electrons. The van der Waals surface area contributed by atoms with Crippen LogP contribution in [0.25, 0.3) is 0 Å². The van der Waals surface area contributed by atoms with Crippen LogP contribution in [0.15, 0.2) is 21.6 Å². The lowest BCUT2D eigenvalue weighted by molar-refractivity contribution is 0.408. The first-order chi connectivity index (χ1) is 8.46. The lowest BCUT2D eigenvalue weighted by atomic mass is 10.3. The molecule has 0 spiro atoms. The summed E-state index contributed by atoms with van der Waals surface area (Å²) in [7, 11) is -1.81. The summed E-state index contributed by atoms with van der Waals surface area (Å²) in [5.41, 5.74) is 0. The van der Waals surface area contributed by atoms with Crippen LogP contribution in [0.3, 0.4) is 0 Å². The Morgan fingerprint density at radius 2 is 2.28 bits per heavy atom. The Labute approximate surface area is 116 Å². The van der Waals surface area contributed by atoms with Gasteiger partial charge in [0.25, 0.3) is 0 Å². The molecule has 1 atom stereocenters. The number of rotatable bonds is 3. The van der Waals surface area contributed by atoms with Crippen molar-refractivity contribution in [1.29, 1.82) is 0 Å².